The first-order valence-electron chi connectivity index (χ1n) is 4.33. The largest absolute Gasteiger partial charge is 0.497 e. The average Bonchev–Trinajstić information content (AvgIpc) is 2.18. The van der Waals surface area contributed by atoms with Crippen molar-refractivity contribution in [3.8, 4) is 5.75 Å². The average molecular weight is 194 g/mol. The van der Waals surface area contributed by atoms with Crippen molar-refractivity contribution in [1.29, 1.82) is 0 Å². The van der Waals surface area contributed by atoms with E-state index in [1.165, 1.54) is 0 Å². The molecule has 0 spiro atoms. The quantitative estimate of drug-likeness (QED) is 0.751. The van der Waals surface area contributed by atoms with Gasteiger partial charge < -0.3 is 15.8 Å². The van der Waals surface area contributed by atoms with Gasteiger partial charge in [-0.05, 0) is 19.1 Å². The molecular weight excluding hydrogens is 180 g/mol. The molecule has 0 saturated carbocycles. The van der Waals surface area contributed by atoms with Gasteiger partial charge in [0.25, 0.3) is 0 Å². The number of hydrogen-bond acceptors (Lipinski definition) is 3. The fraction of sp³-hybridized carbons (Fsp3) is 0.300. The molecular formula is C10H14N2O2. The lowest BCUT2D eigenvalue weighted by Gasteiger charge is -2.12. The molecule has 0 radical (unpaired) electrons. The summed E-state index contributed by atoms with van der Waals surface area (Å²) in [6, 6.07) is 6.94. The molecule has 0 aliphatic rings. The third-order valence-corrected chi connectivity index (χ3v) is 1.88. The van der Waals surface area contributed by atoms with Gasteiger partial charge in [-0.1, -0.05) is 6.07 Å². The molecule has 0 saturated heterocycles. The maximum Gasteiger partial charge on any atom is 0.239 e. The molecule has 1 rings (SSSR count). The number of carbonyl (C=O) groups is 1. The molecule has 0 heterocycles. The van der Waals surface area contributed by atoms with Crippen LogP contribution in [0.5, 0.6) is 5.75 Å². The van der Waals surface area contributed by atoms with E-state index in [2.05, 4.69) is 5.32 Å². The Morgan fingerprint density at radius 2 is 2.29 bits per heavy atom. The van der Waals surface area contributed by atoms with E-state index in [0.29, 0.717) is 0 Å². The summed E-state index contributed by atoms with van der Waals surface area (Å²) in [5.74, 6) is 0.361. The van der Waals surface area contributed by atoms with Gasteiger partial charge in [0.2, 0.25) is 5.91 Å². The topological polar surface area (TPSA) is 64.3 Å². The van der Waals surface area contributed by atoms with Crippen molar-refractivity contribution in [2.75, 3.05) is 12.4 Å². The standard InChI is InChI=1S/C10H14N2O2/c1-7(10(11)13)12-8-4-3-5-9(6-8)14-2/h3-7,12H,1-2H3,(H2,11,13)/t7-/m1/s1. The van der Waals surface area contributed by atoms with Crippen LogP contribution in [0.1, 0.15) is 6.92 Å². The van der Waals surface area contributed by atoms with Gasteiger partial charge in [-0.3, -0.25) is 4.79 Å². The maximum atomic E-state index is 10.8. The number of carbonyl (C=O) groups excluding carboxylic acids is 1. The van der Waals surface area contributed by atoms with Crippen molar-refractivity contribution in [3.63, 3.8) is 0 Å². The molecule has 0 aromatic heterocycles. The van der Waals surface area contributed by atoms with Crippen molar-refractivity contribution in [2.45, 2.75) is 13.0 Å². The van der Waals surface area contributed by atoms with Crippen LogP contribution in [-0.4, -0.2) is 19.1 Å². The summed E-state index contributed by atoms with van der Waals surface area (Å²) >= 11 is 0. The number of methoxy groups -OCH3 is 1. The molecule has 0 fully saturated rings. The number of anilines is 1. The minimum Gasteiger partial charge on any atom is -0.497 e. The third kappa shape index (κ3) is 2.65. The minimum atomic E-state index is -0.387. The minimum absolute atomic E-state index is 0.382. The number of rotatable bonds is 4. The van der Waals surface area contributed by atoms with Gasteiger partial charge in [-0.2, -0.15) is 0 Å². The first-order chi connectivity index (χ1) is 6.63. The summed E-state index contributed by atoms with van der Waals surface area (Å²) in [4.78, 5) is 10.8. The van der Waals surface area contributed by atoms with Crippen LogP contribution in [-0.2, 0) is 4.79 Å². The summed E-state index contributed by atoms with van der Waals surface area (Å²) < 4.78 is 5.04. The molecule has 4 heteroatoms. The molecule has 1 aromatic carbocycles. The van der Waals surface area contributed by atoms with Crippen LogP contribution in [0.4, 0.5) is 5.69 Å². The highest BCUT2D eigenvalue weighted by Crippen LogP contribution is 2.17. The normalized spacial score (nSPS) is 11.9. The zero-order valence-electron chi connectivity index (χ0n) is 8.28. The SMILES string of the molecule is COc1cccc(N[C@H](C)C(N)=O)c1. The Hall–Kier alpha value is -1.71. The Balaban J connectivity index is 2.71. The Kier molecular flexibility index (Phi) is 3.34. The van der Waals surface area contributed by atoms with E-state index in [4.69, 9.17) is 10.5 Å². The highest BCUT2D eigenvalue weighted by Gasteiger charge is 2.07. The second kappa shape index (κ2) is 4.50. The van der Waals surface area contributed by atoms with Crippen LogP contribution in [0, 0.1) is 0 Å². The summed E-state index contributed by atoms with van der Waals surface area (Å²) in [7, 11) is 1.59. The fourth-order valence-corrected chi connectivity index (χ4v) is 1.03. The molecule has 0 aliphatic heterocycles. The van der Waals surface area contributed by atoms with Gasteiger partial charge in [0.15, 0.2) is 0 Å². The molecule has 0 bridgehead atoms. The second-order valence-corrected chi connectivity index (χ2v) is 3.00. The number of ether oxygens (including phenoxy) is 1. The lowest BCUT2D eigenvalue weighted by atomic mass is 10.2. The number of primary amides is 1. The number of benzene rings is 1. The second-order valence-electron chi connectivity index (χ2n) is 3.00. The fourth-order valence-electron chi connectivity index (χ4n) is 1.03. The number of amides is 1. The zero-order chi connectivity index (χ0) is 10.6. The summed E-state index contributed by atoms with van der Waals surface area (Å²) in [6.07, 6.45) is 0. The van der Waals surface area contributed by atoms with Crippen molar-refractivity contribution >= 4 is 11.6 Å². The Bertz CT molecular complexity index is 326. The molecule has 1 atom stereocenters. The van der Waals surface area contributed by atoms with Crippen molar-refractivity contribution in [3.05, 3.63) is 24.3 Å². The molecule has 14 heavy (non-hydrogen) atoms. The van der Waals surface area contributed by atoms with Gasteiger partial charge in [-0.15, -0.1) is 0 Å². The number of nitrogens with one attached hydrogen (secondary N) is 1. The maximum absolute atomic E-state index is 10.8. The zero-order valence-corrected chi connectivity index (χ0v) is 8.28. The lowest BCUT2D eigenvalue weighted by molar-refractivity contribution is -0.118. The number of hydrogen-bond donors (Lipinski definition) is 2. The molecule has 0 aliphatic carbocycles. The van der Waals surface area contributed by atoms with Gasteiger partial charge in [-0.25, -0.2) is 0 Å². The highest BCUT2D eigenvalue weighted by molar-refractivity contribution is 5.82. The van der Waals surface area contributed by atoms with Crippen LogP contribution >= 0.6 is 0 Å². The van der Waals surface area contributed by atoms with Gasteiger partial charge in [0, 0.05) is 11.8 Å². The van der Waals surface area contributed by atoms with Crippen molar-refractivity contribution in [1.82, 2.24) is 0 Å². The summed E-state index contributed by atoms with van der Waals surface area (Å²) in [6.45, 7) is 1.71. The Morgan fingerprint density at radius 1 is 1.57 bits per heavy atom. The molecule has 4 nitrogen and oxygen atoms in total. The highest BCUT2D eigenvalue weighted by atomic mass is 16.5. The van der Waals surface area contributed by atoms with Crippen molar-refractivity contribution in [2.24, 2.45) is 5.73 Å². The first-order valence-corrected chi connectivity index (χ1v) is 4.33. The number of nitrogens with two attached hydrogens (primary N) is 1. The van der Waals surface area contributed by atoms with E-state index in [1.54, 1.807) is 20.1 Å². The van der Waals surface area contributed by atoms with Crippen LogP contribution in [0.25, 0.3) is 0 Å². The first kappa shape index (κ1) is 10.4. The van der Waals surface area contributed by atoms with E-state index >= 15 is 0 Å². The van der Waals surface area contributed by atoms with Gasteiger partial charge >= 0.3 is 0 Å². The molecule has 0 unspecified atom stereocenters. The molecule has 76 valence electrons. The van der Waals surface area contributed by atoms with E-state index in [1.807, 2.05) is 18.2 Å². The van der Waals surface area contributed by atoms with Gasteiger partial charge in [0.1, 0.15) is 11.8 Å². The van der Waals surface area contributed by atoms with Crippen LogP contribution < -0.4 is 15.8 Å². The summed E-state index contributed by atoms with van der Waals surface area (Å²) in [5, 5.41) is 2.96. The summed E-state index contributed by atoms with van der Waals surface area (Å²) in [5.41, 5.74) is 5.94. The van der Waals surface area contributed by atoms with E-state index in [0.717, 1.165) is 11.4 Å². The van der Waals surface area contributed by atoms with E-state index in [-0.39, 0.29) is 11.9 Å². The molecule has 1 aromatic rings. The van der Waals surface area contributed by atoms with Gasteiger partial charge in [0.05, 0.1) is 7.11 Å². The van der Waals surface area contributed by atoms with Crippen molar-refractivity contribution < 1.29 is 9.53 Å². The van der Waals surface area contributed by atoms with Crippen LogP contribution in [0.3, 0.4) is 0 Å². The van der Waals surface area contributed by atoms with E-state index in [9.17, 15) is 4.79 Å². The smallest absolute Gasteiger partial charge is 0.239 e. The predicted molar refractivity (Wildman–Crippen MR) is 55.3 cm³/mol. The molecule has 3 N–H and O–H groups in total. The molecule has 1 amide bonds. The van der Waals surface area contributed by atoms with Crippen LogP contribution in [0.15, 0.2) is 24.3 Å². The third-order valence-electron chi connectivity index (χ3n) is 1.88. The van der Waals surface area contributed by atoms with Crippen LogP contribution in [0.2, 0.25) is 0 Å². The Morgan fingerprint density at radius 3 is 2.86 bits per heavy atom. The Labute approximate surface area is 83.1 Å². The lowest BCUT2D eigenvalue weighted by Crippen LogP contribution is -2.32. The monoisotopic (exact) mass is 194 g/mol. The van der Waals surface area contributed by atoms with E-state index < -0.39 is 0 Å². The predicted octanol–water partition coefficient (Wildman–Crippen LogP) is 0.981.